The van der Waals surface area contributed by atoms with Crippen LogP contribution in [-0.2, 0) is 11.2 Å². The number of benzene rings is 2. The van der Waals surface area contributed by atoms with Crippen molar-refractivity contribution in [2.45, 2.75) is 32.0 Å². The quantitative estimate of drug-likeness (QED) is 0.732. The van der Waals surface area contributed by atoms with E-state index in [-0.39, 0.29) is 17.7 Å². The first kappa shape index (κ1) is 19.6. The lowest BCUT2D eigenvalue weighted by molar-refractivity contribution is -0.0965. The van der Waals surface area contributed by atoms with Crippen molar-refractivity contribution in [2.24, 2.45) is 0 Å². The van der Waals surface area contributed by atoms with Gasteiger partial charge >= 0.3 is 0 Å². The fraction of sp³-hybridized carbons (Fsp3) is 0.391. The topological polar surface area (TPSA) is 73.9 Å². The van der Waals surface area contributed by atoms with Crippen molar-refractivity contribution in [3.63, 3.8) is 0 Å². The van der Waals surface area contributed by atoms with Gasteiger partial charge in [-0.3, -0.25) is 9.59 Å². The van der Waals surface area contributed by atoms with E-state index in [1.54, 1.807) is 24.3 Å². The second-order valence-corrected chi connectivity index (χ2v) is 7.95. The lowest BCUT2D eigenvalue weighted by Crippen LogP contribution is -2.52. The van der Waals surface area contributed by atoms with Gasteiger partial charge in [0.2, 0.25) is 5.78 Å². The van der Waals surface area contributed by atoms with Gasteiger partial charge in [0, 0.05) is 30.6 Å². The molecular formula is C23H25NO5. The monoisotopic (exact) mass is 395 g/mol. The molecular weight excluding hydrogens is 370 g/mol. The Morgan fingerprint density at radius 1 is 1.07 bits per heavy atom. The van der Waals surface area contributed by atoms with Gasteiger partial charge < -0.3 is 19.5 Å². The van der Waals surface area contributed by atoms with E-state index >= 15 is 0 Å². The van der Waals surface area contributed by atoms with Gasteiger partial charge in [-0.25, -0.2) is 0 Å². The summed E-state index contributed by atoms with van der Waals surface area (Å²) in [5.74, 6) is 0.328. The minimum atomic E-state index is -0.403. The predicted octanol–water partition coefficient (Wildman–Crippen LogP) is 2.79. The van der Waals surface area contributed by atoms with Crippen LogP contribution in [0, 0.1) is 0 Å². The summed E-state index contributed by atoms with van der Waals surface area (Å²) in [4.78, 5) is 26.5. The van der Waals surface area contributed by atoms with Crippen molar-refractivity contribution in [3.8, 4) is 11.5 Å². The van der Waals surface area contributed by atoms with Crippen molar-refractivity contribution in [3.05, 3.63) is 58.1 Å². The Morgan fingerprint density at radius 2 is 1.79 bits per heavy atom. The molecule has 1 aliphatic heterocycles. The molecule has 0 spiro atoms. The molecule has 2 aromatic rings. The second kappa shape index (κ2) is 7.28. The van der Waals surface area contributed by atoms with E-state index in [0.29, 0.717) is 46.7 Å². The molecule has 6 heteroatoms. The van der Waals surface area contributed by atoms with Crippen molar-refractivity contribution in [1.82, 2.24) is 5.32 Å². The van der Waals surface area contributed by atoms with E-state index in [1.165, 1.54) is 14.2 Å². The van der Waals surface area contributed by atoms with Gasteiger partial charge in [-0.1, -0.05) is 12.1 Å². The van der Waals surface area contributed by atoms with E-state index in [1.807, 2.05) is 13.0 Å². The highest BCUT2D eigenvalue weighted by Gasteiger charge is 2.37. The minimum Gasteiger partial charge on any atom is -0.496 e. The summed E-state index contributed by atoms with van der Waals surface area (Å²) >= 11 is 0. The summed E-state index contributed by atoms with van der Waals surface area (Å²) in [7, 11) is 3.00. The maximum atomic E-state index is 13.3. The molecule has 2 aliphatic rings. The molecule has 0 aromatic heterocycles. The number of ether oxygens (including phenoxy) is 3. The first-order valence-corrected chi connectivity index (χ1v) is 9.72. The average Bonchev–Trinajstić information content (AvgIpc) is 2.70. The van der Waals surface area contributed by atoms with Gasteiger partial charge in [0.25, 0.3) is 0 Å². The Balaban J connectivity index is 1.80. The summed E-state index contributed by atoms with van der Waals surface area (Å²) in [5.41, 5.74) is 1.80. The molecule has 1 heterocycles. The van der Waals surface area contributed by atoms with Gasteiger partial charge in [-0.05, 0) is 37.6 Å². The predicted molar refractivity (Wildman–Crippen MR) is 108 cm³/mol. The van der Waals surface area contributed by atoms with Gasteiger partial charge in [0.1, 0.15) is 11.5 Å². The number of morpholine rings is 1. The van der Waals surface area contributed by atoms with Crippen LogP contribution in [0.5, 0.6) is 11.5 Å². The second-order valence-electron chi connectivity index (χ2n) is 7.95. The normalized spacial score (nSPS) is 23.4. The van der Waals surface area contributed by atoms with E-state index in [2.05, 4.69) is 12.2 Å². The van der Waals surface area contributed by atoms with Crippen LogP contribution >= 0.6 is 0 Å². The molecule has 152 valence electrons. The summed E-state index contributed by atoms with van der Waals surface area (Å²) in [6, 6.07) is 8.70. The molecule has 4 rings (SSSR count). The molecule has 0 radical (unpaired) electrons. The molecule has 0 bridgehead atoms. The molecule has 29 heavy (non-hydrogen) atoms. The van der Waals surface area contributed by atoms with E-state index in [0.717, 1.165) is 12.1 Å². The summed E-state index contributed by atoms with van der Waals surface area (Å²) in [6.07, 6.45) is 0.705. The standard InChI is InChI=1S/C23H25NO5/c1-13-11-24-12-23(2,29-13)10-14-8-16-20(18(9-14)28-4)22(26)19-15(21(16)25)6-5-7-17(19)27-3/h5-9,13,24H,10-12H2,1-4H3/t13-,23+/m0/s1. The van der Waals surface area contributed by atoms with Crippen molar-refractivity contribution in [1.29, 1.82) is 0 Å². The molecule has 0 saturated carbocycles. The van der Waals surface area contributed by atoms with E-state index in [4.69, 9.17) is 14.2 Å². The number of hydrogen-bond donors (Lipinski definition) is 1. The largest absolute Gasteiger partial charge is 0.496 e. The van der Waals surface area contributed by atoms with Crippen LogP contribution in [0.3, 0.4) is 0 Å². The van der Waals surface area contributed by atoms with Crippen LogP contribution in [0.4, 0.5) is 0 Å². The third-order valence-electron chi connectivity index (χ3n) is 5.57. The van der Waals surface area contributed by atoms with Crippen LogP contribution < -0.4 is 14.8 Å². The molecule has 1 fully saturated rings. The highest BCUT2D eigenvalue weighted by molar-refractivity contribution is 6.30. The minimum absolute atomic E-state index is 0.107. The first-order chi connectivity index (χ1) is 13.9. The molecule has 2 aromatic carbocycles. The Hall–Kier alpha value is -2.70. The van der Waals surface area contributed by atoms with Crippen LogP contribution in [0.1, 0.15) is 51.3 Å². The number of methoxy groups -OCH3 is 2. The number of nitrogens with one attached hydrogen (secondary N) is 1. The van der Waals surface area contributed by atoms with E-state index in [9.17, 15) is 9.59 Å². The van der Waals surface area contributed by atoms with Crippen LogP contribution in [-0.4, -0.2) is 50.6 Å². The zero-order valence-corrected chi connectivity index (χ0v) is 17.1. The molecule has 1 N–H and O–H groups in total. The number of carbonyl (C=O) groups is 2. The fourth-order valence-electron chi connectivity index (χ4n) is 4.39. The number of rotatable bonds is 4. The third kappa shape index (κ3) is 3.32. The molecule has 0 unspecified atom stereocenters. The van der Waals surface area contributed by atoms with Crippen LogP contribution in [0.15, 0.2) is 30.3 Å². The molecule has 2 atom stereocenters. The average molecular weight is 395 g/mol. The molecule has 6 nitrogen and oxygen atoms in total. The van der Waals surface area contributed by atoms with Crippen molar-refractivity contribution >= 4 is 11.6 Å². The number of carbonyl (C=O) groups excluding carboxylic acids is 2. The zero-order valence-electron chi connectivity index (χ0n) is 17.1. The van der Waals surface area contributed by atoms with Gasteiger partial charge in [-0.15, -0.1) is 0 Å². The molecule has 1 saturated heterocycles. The molecule has 0 amide bonds. The summed E-state index contributed by atoms with van der Waals surface area (Å²) in [6.45, 7) is 5.61. The lowest BCUT2D eigenvalue weighted by Gasteiger charge is -2.38. The Kier molecular flexibility index (Phi) is 4.92. The highest BCUT2D eigenvalue weighted by atomic mass is 16.5. The van der Waals surface area contributed by atoms with E-state index < -0.39 is 5.60 Å². The van der Waals surface area contributed by atoms with Gasteiger partial charge in [-0.2, -0.15) is 0 Å². The smallest absolute Gasteiger partial charge is 0.201 e. The van der Waals surface area contributed by atoms with Crippen molar-refractivity contribution in [2.75, 3.05) is 27.3 Å². The zero-order chi connectivity index (χ0) is 20.8. The van der Waals surface area contributed by atoms with Crippen LogP contribution in [0.25, 0.3) is 0 Å². The summed E-state index contributed by atoms with van der Waals surface area (Å²) < 4.78 is 17.0. The fourth-order valence-corrected chi connectivity index (χ4v) is 4.39. The third-order valence-corrected chi connectivity index (χ3v) is 5.57. The van der Waals surface area contributed by atoms with Crippen LogP contribution in [0.2, 0.25) is 0 Å². The Bertz CT molecular complexity index is 999. The lowest BCUT2D eigenvalue weighted by atomic mass is 9.81. The van der Waals surface area contributed by atoms with Crippen molar-refractivity contribution < 1.29 is 23.8 Å². The summed E-state index contributed by atoms with van der Waals surface area (Å²) in [5, 5.41) is 3.39. The SMILES string of the molecule is COc1cccc2c1C(=O)c1c(OC)cc(C[C@]3(C)CNC[C@H](C)O3)cc1C2=O. The van der Waals surface area contributed by atoms with Gasteiger partial charge in [0.15, 0.2) is 5.78 Å². The number of ketones is 2. The van der Waals surface area contributed by atoms with Gasteiger partial charge in [0.05, 0.1) is 37.1 Å². The maximum Gasteiger partial charge on any atom is 0.201 e. The molecule has 1 aliphatic carbocycles. The first-order valence-electron chi connectivity index (χ1n) is 9.72. The number of hydrogen-bond acceptors (Lipinski definition) is 6. The Morgan fingerprint density at radius 3 is 2.48 bits per heavy atom. The maximum absolute atomic E-state index is 13.3. The number of fused-ring (bicyclic) bond motifs is 2. The Labute approximate surface area is 170 Å². The highest BCUT2D eigenvalue weighted by Crippen LogP contribution is 2.38.